The Morgan fingerprint density at radius 3 is 2.85 bits per heavy atom. The molecule has 4 heteroatoms. The van der Waals surface area contributed by atoms with Crippen molar-refractivity contribution >= 4 is 5.91 Å². The van der Waals surface area contributed by atoms with Crippen molar-refractivity contribution < 1.29 is 14.6 Å². The molecule has 1 fully saturated rings. The molecule has 0 bridgehead atoms. The third-order valence-corrected chi connectivity index (χ3v) is 3.84. The van der Waals surface area contributed by atoms with Gasteiger partial charge in [-0.05, 0) is 24.8 Å². The number of carbonyl (C=O) groups excluding carboxylic acids is 1. The van der Waals surface area contributed by atoms with Gasteiger partial charge in [0.2, 0.25) is 5.91 Å². The minimum Gasteiger partial charge on any atom is -0.394 e. The fourth-order valence-electron chi connectivity index (χ4n) is 2.72. The van der Waals surface area contributed by atoms with Crippen molar-refractivity contribution in [1.29, 1.82) is 0 Å². The first kappa shape index (κ1) is 15.0. The molecule has 1 aliphatic rings. The summed E-state index contributed by atoms with van der Waals surface area (Å²) in [4.78, 5) is 12.3. The van der Waals surface area contributed by atoms with Gasteiger partial charge in [0.1, 0.15) is 0 Å². The Kier molecular flexibility index (Phi) is 5.56. The van der Waals surface area contributed by atoms with E-state index in [9.17, 15) is 9.90 Å². The van der Waals surface area contributed by atoms with Gasteiger partial charge in [0, 0.05) is 6.61 Å². The van der Waals surface area contributed by atoms with E-state index >= 15 is 0 Å². The van der Waals surface area contributed by atoms with Gasteiger partial charge < -0.3 is 15.2 Å². The standard InChI is InChI=1S/C16H23NO3/c1-2-15-14(8-9-20-15)16(19)17-13(11-18)10-12-6-4-3-5-7-12/h3-7,13-15,18H,2,8-11H2,1H3,(H,17,19). The minimum atomic E-state index is -0.233. The average molecular weight is 277 g/mol. The monoisotopic (exact) mass is 277 g/mol. The number of aliphatic hydroxyl groups excluding tert-OH is 1. The van der Waals surface area contributed by atoms with Crippen LogP contribution in [0.15, 0.2) is 30.3 Å². The fraction of sp³-hybridized carbons (Fsp3) is 0.562. The summed E-state index contributed by atoms with van der Waals surface area (Å²) in [6, 6.07) is 9.65. The number of ether oxygens (including phenoxy) is 1. The molecule has 0 saturated carbocycles. The molecule has 0 aromatic heterocycles. The van der Waals surface area contributed by atoms with Crippen molar-refractivity contribution in [3.63, 3.8) is 0 Å². The zero-order valence-corrected chi connectivity index (χ0v) is 11.9. The zero-order valence-electron chi connectivity index (χ0n) is 11.9. The number of hydrogen-bond donors (Lipinski definition) is 2. The Labute approximate surface area is 120 Å². The van der Waals surface area contributed by atoms with Gasteiger partial charge >= 0.3 is 0 Å². The lowest BCUT2D eigenvalue weighted by molar-refractivity contribution is -0.127. The Balaban J connectivity index is 1.91. The molecule has 2 rings (SSSR count). The highest BCUT2D eigenvalue weighted by Crippen LogP contribution is 2.23. The zero-order chi connectivity index (χ0) is 14.4. The van der Waals surface area contributed by atoms with Crippen LogP contribution in [0.4, 0.5) is 0 Å². The van der Waals surface area contributed by atoms with E-state index in [-0.39, 0.29) is 30.6 Å². The van der Waals surface area contributed by atoms with Gasteiger partial charge in [-0.2, -0.15) is 0 Å². The lowest BCUT2D eigenvalue weighted by atomic mass is 9.97. The van der Waals surface area contributed by atoms with E-state index in [0.29, 0.717) is 13.0 Å². The van der Waals surface area contributed by atoms with E-state index in [2.05, 4.69) is 5.32 Å². The van der Waals surface area contributed by atoms with Crippen LogP contribution in [0.3, 0.4) is 0 Å². The Bertz CT molecular complexity index is 421. The Hall–Kier alpha value is -1.39. The van der Waals surface area contributed by atoms with Gasteiger partial charge in [-0.25, -0.2) is 0 Å². The van der Waals surface area contributed by atoms with Gasteiger partial charge in [-0.15, -0.1) is 0 Å². The molecule has 0 spiro atoms. The van der Waals surface area contributed by atoms with Gasteiger partial charge in [-0.1, -0.05) is 37.3 Å². The van der Waals surface area contributed by atoms with E-state index in [0.717, 1.165) is 18.4 Å². The molecule has 0 radical (unpaired) electrons. The molecule has 1 aromatic carbocycles. The van der Waals surface area contributed by atoms with Crippen LogP contribution >= 0.6 is 0 Å². The molecule has 20 heavy (non-hydrogen) atoms. The number of carbonyl (C=O) groups is 1. The number of nitrogens with one attached hydrogen (secondary N) is 1. The predicted octanol–water partition coefficient (Wildman–Crippen LogP) is 1.52. The predicted molar refractivity (Wildman–Crippen MR) is 77.3 cm³/mol. The lowest BCUT2D eigenvalue weighted by Crippen LogP contribution is -2.44. The summed E-state index contributed by atoms with van der Waals surface area (Å²) in [5.41, 5.74) is 1.11. The summed E-state index contributed by atoms with van der Waals surface area (Å²) in [7, 11) is 0. The fourth-order valence-corrected chi connectivity index (χ4v) is 2.72. The summed E-state index contributed by atoms with van der Waals surface area (Å²) < 4.78 is 5.55. The molecule has 2 N–H and O–H groups in total. The van der Waals surface area contributed by atoms with E-state index in [1.54, 1.807) is 0 Å². The smallest absolute Gasteiger partial charge is 0.226 e. The SMILES string of the molecule is CCC1OCCC1C(=O)NC(CO)Cc1ccccc1. The Morgan fingerprint density at radius 2 is 2.20 bits per heavy atom. The van der Waals surface area contributed by atoms with Crippen LogP contribution in [0.1, 0.15) is 25.3 Å². The molecule has 1 aliphatic heterocycles. The van der Waals surface area contributed by atoms with Crippen LogP contribution in [0, 0.1) is 5.92 Å². The second-order valence-electron chi connectivity index (χ2n) is 5.29. The number of aliphatic hydroxyl groups is 1. The summed E-state index contributed by atoms with van der Waals surface area (Å²) in [6.45, 7) is 2.63. The number of amides is 1. The highest BCUT2D eigenvalue weighted by Gasteiger charge is 2.33. The maximum absolute atomic E-state index is 12.3. The third kappa shape index (κ3) is 3.81. The van der Waals surface area contributed by atoms with Crippen molar-refractivity contribution in [3.8, 4) is 0 Å². The average Bonchev–Trinajstić information content (AvgIpc) is 2.96. The highest BCUT2D eigenvalue weighted by atomic mass is 16.5. The molecule has 1 saturated heterocycles. The first-order chi connectivity index (χ1) is 9.74. The normalized spacial score (nSPS) is 23.5. The molecule has 1 amide bonds. The maximum Gasteiger partial charge on any atom is 0.226 e. The van der Waals surface area contributed by atoms with E-state index in [4.69, 9.17) is 4.74 Å². The van der Waals surface area contributed by atoms with E-state index < -0.39 is 0 Å². The molecule has 110 valence electrons. The van der Waals surface area contributed by atoms with Gasteiger partial charge in [0.05, 0.1) is 24.7 Å². The summed E-state index contributed by atoms with van der Waals surface area (Å²) in [5.74, 6) is -0.0749. The van der Waals surface area contributed by atoms with Crippen LogP contribution in [-0.4, -0.2) is 36.4 Å². The van der Waals surface area contributed by atoms with Crippen molar-refractivity contribution in [2.45, 2.75) is 38.3 Å². The van der Waals surface area contributed by atoms with Gasteiger partial charge in [-0.3, -0.25) is 4.79 Å². The molecule has 3 atom stereocenters. The minimum absolute atomic E-state index is 0.00401. The molecular weight excluding hydrogens is 254 g/mol. The van der Waals surface area contributed by atoms with Crippen LogP contribution in [0.2, 0.25) is 0 Å². The molecule has 0 aliphatic carbocycles. The molecule has 3 unspecified atom stereocenters. The van der Waals surface area contributed by atoms with Gasteiger partial charge in [0.25, 0.3) is 0 Å². The topological polar surface area (TPSA) is 58.6 Å². The molecule has 1 aromatic rings. The van der Waals surface area contributed by atoms with Crippen molar-refractivity contribution in [2.24, 2.45) is 5.92 Å². The molecular formula is C16H23NO3. The molecule has 4 nitrogen and oxygen atoms in total. The summed E-state index contributed by atoms with van der Waals surface area (Å²) in [6.07, 6.45) is 2.29. The Morgan fingerprint density at radius 1 is 1.45 bits per heavy atom. The lowest BCUT2D eigenvalue weighted by Gasteiger charge is -2.21. The van der Waals surface area contributed by atoms with E-state index in [1.807, 2.05) is 37.3 Å². The van der Waals surface area contributed by atoms with Crippen LogP contribution in [-0.2, 0) is 16.0 Å². The van der Waals surface area contributed by atoms with Gasteiger partial charge in [0.15, 0.2) is 0 Å². The third-order valence-electron chi connectivity index (χ3n) is 3.84. The number of hydrogen-bond acceptors (Lipinski definition) is 3. The largest absolute Gasteiger partial charge is 0.394 e. The summed E-state index contributed by atoms with van der Waals surface area (Å²) in [5, 5.41) is 12.4. The van der Waals surface area contributed by atoms with Crippen molar-refractivity contribution in [2.75, 3.05) is 13.2 Å². The number of rotatable bonds is 6. The second-order valence-corrected chi connectivity index (χ2v) is 5.29. The highest BCUT2D eigenvalue weighted by molar-refractivity contribution is 5.79. The maximum atomic E-state index is 12.3. The van der Waals surface area contributed by atoms with E-state index in [1.165, 1.54) is 0 Å². The van der Waals surface area contributed by atoms with Crippen molar-refractivity contribution in [1.82, 2.24) is 5.32 Å². The van der Waals surface area contributed by atoms with Crippen LogP contribution in [0.5, 0.6) is 0 Å². The van der Waals surface area contributed by atoms with Crippen LogP contribution in [0.25, 0.3) is 0 Å². The van der Waals surface area contributed by atoms with Crippen LogP contribution < -0.4 is 5.32 Å². The first-order valence-corrected chi connectivity index (χ1v) is 7.31. The van der Waals surface area contributed by atoms with Crippen molar-refractivity contribution in [3.05, 3.63) is 35.9 Å². The summed E-state index contributed by atoms with van der Waals surface area (Å²) >= 11 is 0. The number of benzene rings is 1. The second kappa shape index (κ2) is 7.41. The quantitative estimate of drug-likeness (QED) is 0.829. The first-order valence-electron chi connectivity index (χ1n) is 7.31. The molecule has 1 heterocycles.